The predicted molar refractivity (Wildman–Crippen MR) is 86.5 cm³/mol. The molecule has 0 radical (unpaired) electrons. The monoisotopic (exact) mass is 341 g/mol. The minimum Gasteiger partial charge on any atom is -0.360 e. The number of nitriles is 1. The van der Waals surface area contributed by atoms with Crippen molar-refractivity contribution in [1.29, 1.82) is 5.26 Å². The molecule has 2 rings (SSSR count). The Labute approximate surface area is 131 Å². The summed E-state index contributed by atoms with van der Waals surface area (Å²) < 4.78 is 0.910. The Kier molecular flexibility index (Phi) is 5.13. The van der Waals surface area contributed by atoms with Crippen molar-refractivity contribution in [2.75, 3.05) is 10.6 Å². The number of para-hydroxylation sites is 1. The van der Waals surface area contributed by atoms with Crippen molar-refractivity contribution in [3.63, 3.8) is 0 Å². The third kappa shape index (κ3) is 4.48. The maximum Gasteiger partial charge on any atom is 0.267 e. The first-order chi connectivity index (χ1) is 10.2. The van der Waals surface area contributed by atoms with Gasteiger partial charge in [0.25, 0.3) is 5.91 Å². The molecule has 21 heavy (non-hydrogen) atoms. The number of anilines is 2. The largest absolute Gasteiger partial charge is 0.360 e. The van der Waals surface area contributed by atoms with E-state index in [1.54, 1.807) is 12.1 Å². The molecule has 0 saturated heterocycles. The van der Waals surface area contributed by atoms with E-state index in [1.165, 1.54) is 6.20 Å². The lowest BCUT2D eigenvalue weighted by Gasteiger charge is -2.05. The molecule has 2 N–H and O–H groups in total. The van der Waals surface area contributed by atoms with E-state index in [4.69, 9.17) is 5.26 Å². The average molecular weight is 342 g/mol. The van der Waals surface area contributed by atoms with Gasteiger partial charge in [-0.05, 0) is 30.3 Å². The maximum absolute atomic E-state index is 12.0. The zero-order valence-electron chi connectivity index (χ0n) is 11.0. The fraction of sp³-hybridized carbons (Fsp3) is 0. The summed E-state index contributed by atoms with van der Waals surface area (Å²) in [5.74, 6) is -0.453. The number of hydrogen-bond acceptors (Lipinski definition) is 3. The lowest BCUT2D eigenvalue weighted by molar-refractivity contribution is -0.112. The Morgan fingerprint density at radius 2 is 1.81 bits per heavy atom. The van der Waals surface area contributed by atoms with E-state index in [-0.39, 0.29) is 5.57 Å². The second-order valence-electron chi connectivity index (χ2n) is 4.14. The maximum atomic E-state index is 12.0. The van der Waals surface area contributed by atoms with Crippen LogP contribution >= 0.6 is 15.9 Å². The highest BCUT2D eigenvalue weighted by Gasteiger charge is 2.08. The zero-order chi connectivity index (χ0) is 15.1. The van der Waals surface area contributed by atoms with E-state index in [9.17, 15) is 4.79 Å². The quantitative estimate of drug-likeness (QED) is 0.654. The third-order valence-corrected chi connectivity index (χ3v) is 3.10. The average Bonchev–Trinajstić information content (AvgIpc) is 2.49. The van der Waals surface area contributed by atoms with Crippen LogP contribution in [0.4, 0.5) is 11.4 Å². The van der Waals surface area contributed by atoms with Crippen LogP contribution in [0.15, 0.2) is 70.8 Å². The molecular formula is C16H12BrN3O. The van der Waals surface area contributed by atoms with Gasteiger partial charge in [0.2, 0.25) is 0 Å². The van der Waals surface area contributed by atoms with Crippen molar-refractivity contribution in [3.05, 3.63) is 70.8 Å². The summed E-state index contributed by atoms with van der Waals surface area (Å²) in [4.78, 5) is 12.0. The number of benzene rings is 2. The number of carbonyl (C=O) groups excluding carboxylic acids is 1. The molecule has 0 heterocycles. The van der Waals surface area contributed by atoms with E-state index in [0.717, 1.165) is 10.2 Å². The van der Waals surface area contributed by atoms with Crippen LogP contribution in [0, 0.1) is 11.3 Å². The van der Waals surface area contributed by atoms with Gasteiger partial charge in [0, 0.05) is 22.0 Å². The topological polar surface area (TPSA) is 64.9 Å². The Morgan fingerprint density at radius 1 is 1.10 bits per heavy atom. The van der Waals surface area contributed by atoms with E-state index in [0.29, 0.717) is 5.69 Å². The smallest absolute Gasteiger partial charge is 0.267 e. The summed E-state index contributed by atoms with van der Waals surface area (Å²) in [5.41, 5.74) is 1.43. The fourth-order valence-corrected chi connectivity index (χ4v) is 2.00. The van der Waals surface area contributed by atoms with Crippen LogP contribution in [0.2, 0.25) is 0 Å². The minimum atomic E-state index is -0.453. The minimum absolute atomic E-state index is 0.00108. The number of nitrogens with one attached hydrogen (secondary N) is 2. The molecule has 104 valence electrons. The van der Waals surface area contributed by atoms with E-state index >= 15 is 0 Å². The highest BCUT2D eigenvalue weighted by atomic mass is 79.9. The first-order valence-electron chi connectivity index (χ1n) is 6.18. The molecule has 0 unspecified atom stereocenters. The molecule has 1 amide bonds. The van der Waals surface area contributed by atoms with Crippen LogP contribution in [0.25, 0.3) is 0 Å². The molecule has 0 spiro atoms. The van der Waals surface area contributed by atoms with Gasteiger partial charge in [-0.3, -0.25) is 4.79 Å². The van der Waals surface area contributed by atoms with E-state index < -0.39 is 5.91 Å². The van der Waals surface area contributed by atoms with Crippen LogP contribution in [0.5, 0.6) is 0 Å². The number of amides is 1. The molecule has 0 aliphatic carbocycles. The van der Waals surface area contributed by atoms with Crippen LogP contribution in [-0.4, -0.2) is 5.91 Å². The number of rotatable bonds is 4. The fourth-order valence-electron chi connectivity index (χ4n) is 1.60. The summed E-state index contributed by atoms with van der Waals surface area (Å²) >= 11 is 3.35. The van der Waals surface area contributed by atoms with Crippen LogP contribution in [0.3, 0.4) is 0 Å². The van der Waals surface area contributed by atoms with Gasteiger partial charge in [0.1, 0.15) is 11.6 Å². The Morgan fingerprint density at radius 3 is 2.48 bits per heavy atom. The lowest BCUT2D eigenvalue weighted by atomic mass is 10.2. The molecule has 2 aromatic carbocycles. The van der Waals surface area contributed by atoms with Gasteiger partial charge in [-0.1, -0.05) is 40.2 Å². The summed E-state index contributed by atoms with van der Waals surface area (Å²) in [6, 6.07) is 18.3. The molecule has 0 atom stereocenters. The van der Waals surface area contributed by atoms with Gasteiger partial charge in [-0.2, -0.15) is 5.26 Å². The van der Waals surface area contributed by atoms with Gasteiger partial charge < -0.3 is 10.6 Å². The highest BCUT2D eigenvalue weighted by molar-refractivity contribution is 9.10. The Balaban J connectivity index is 2.07. The van der Waals surface area contributed by atoms with Gasteiger partial charge in [-0.25, -0.2) is 0 Å². The zero-order valence-corrected chi connectivity index (χ0v) is 12.6. The number of carbonyl (C=O) groups is 1. The molecular weight excluding hydrogens is 330 g/mol. The van der Waals surface area contributed by atoms with Gasteiger partial charge in [0.05, 0.1) is 0 Å². The van der Waals surface area contributed by atoms with Crippen molar-refractivity contribution in [2.24, 2.45) is 0 Å². The summed E-state index contributed by atoms with van der Waals surface area (Å²) in [6.07, 6.45) is 1.39. The molecule has 5 heteroatoms. The molecule has 0 aliphatic rings. The second kappa shape index (κ2) is 7.27. The Bertz CT molecular complexity index is 705. The molecule has 0 aromatic heterocycles. The van der Waals surface area contributed by atoms with Crippen molar-refractivity contribution in [2.45, 2.75) is 0 Å². The first-order valence-corrected chi connectivity index (χ1v) is 6.97. The number of nitrogens with zero attached hydrogens (tertiary/aromatic N) is 1. The molecule has 2 aromatic rings. The lowest BCUT2D eigenvalue weighted by Crippen LogP contribution is -2.14. The van der Waals surface area contributed by atoms with Crippen molar-refractivity contribution in [3.8, 4) is 6.07 Å². The normalized spacial score (nSPS) is 10.6. The summed E-state index contributed by atoms with van der Waals surface area (Å²) in [7, 11) is 0. The molecule has 4 nitrogen and oxygen atoms in total. The van der Waals surface area contributed by atoms with E-state index in [1.807, 2.05) is 48.5 Å². The molecule has 0 bridgehead atoms. The number of hydrogen-bond donors (Lipinski definition) is 2. The molecule has 0 fully saturated rings. The predicted octanol–water partition coefficient (Wildman–Crippen LogP) is 3.91. The highest BCUT2D eigenvalue weighted by Crippen LogP contribution is 2.16. The second-order valence-corrected chi connectivity index (χ2v) is 5.06. The standard InChI is InChI=1S/C16H12BrN3O/c17-13-5-4-8-15(9-13)19-11-12(10-18)16(21)20-14-6-2-1-3-7-14/h1-9,11,19H,(H,20,21)/b12-11+. The first kappa shape index (κ1) is 14.8. The molecule has 0 aliphatic heterocycles. The van der Waals surface area contributed by atoms with E-state index in [2.05, 4.69) is 26.6 Å². The van der Waals surface area contributed by atoms with Crippen LogP contribution in [0.1, 0.15) is 0 Å². The van der Waals surface area contributed by atoms with Gasteiger partial charge in [-0.15, -0.1) is 0 Å². The summed E-state index contributed by atoms with van der Waals surface area (Å²) in [5, 5.41) is 14.7. The SMILES string of the molecule is N#C/C(=C\Nc1cccc(Br)c1)C(=O)Nc1ccccc1. The van der Waals surface area contributed by atoms with Crippen molar-refractivity contribution >= 4 is 33.2 Å². The Hall–Kier alpha value is -2.58. The number of halogens is 1. The van der Waals surface area contributed by atoms with Crippen molar-refractivity contribution in [1.82, 2.24) is 0 Å². The summed E-state index contributed by atoms with van der Waals surface area (Å²) in [6.45, 7) is 0. The van der Waals surface area contributed by atoms with Gasteiger partial charge >= 0.3 is 0 Å². The third-order valence-electron chi connectivity index (χ3n) is 2.60. The van der Waals surface area contributed by atoms with Crippen LogP contribution in [-0.2, 0) is 4.79 Å². The molecule has 0 saturated carbocycles. The van der Waals surface area contributed by atoms with Crippen LogP contribution < -0.4 is 10.6 Å². The van der Waals surface area contributed by atoms with Gasteiger partial charge in [0.15, 0.2) is 0 Å². The van der Waals surface area contributed by atoms with Crippen molar-refractivity contribution < 1.29 is 4.79 Å².